The van der Waals surface area contributed by atoms with Gasteiger partial charge in [-0.05, 0) is 31.0 Å². The molecule has 3 rings (SSSR count). The highest BCUT2D eigenvalue weighted by molar-refractivity contribution is 6.30. The number of hydrogen-bond donors (Lipinski definition) is 0. The molecule has 0 atom stereocenters. The lowest BCUT2D eigenvalue weighted by Gasteiger charge is -2.41. The van der Waals surface area contributed by atoms with Crippen LogP contribution < -0.4 is 9.64 Å². The Hall–Kier alpha value is -0.930. The summed E-state index contributed by atoms with van der Waals surface area (Å²) in [5.74, 6) is 0.922. The molecule has 0 unspecified atom stereocenters. The quantitative estimate of drug-likeness (QED) is 0.844. The van der Waals surface area contributed by atoms with Crippen molar-refractivity contribution in [2.75, 3.05) is 38.2 Å². The molecule has 3 nitrogen and oxygen atoms in total. The maximum Gasteiger partial charge on any atom is 0.142 e. The van der Waals surface area contributed by atoms with Crippen LogP contribution in [-0.4, -0.2) is 44.2 Å². The van der Waals surface area contributed by atoms with Gasteiger partial charge in [-0.25, -0.2) is 0 Å². The molecule has 1 saturated carbocycles. The summed E-state index contributed by atoms with van der Waals surface area (Å²) in [4.78, 5) is 5.09. The molecule has 21 heavy (non-hydrogen) atoms. The number of hydrogen-bond acceptors (Lipinski definition) is 3. The summed E-state index contributed by atoms with van der Waals surface area (Å²) in [6.45, 7) is 4.43. The van der Waals surface area contributed by atoms with Gasteiger partial charge in [-0.15, -0.1) is 0 Å². The maximum atomic E-state index is 6.15. The van der Waals surface area contributed by atoms with Crippen molar-refractivity contribution >= 4 is 17.3 Å². The van der Waals surface area contributed by atoms with Gasteiger partial charge in [0.25, 0.3) is 0 Å². The Balaban J connectivity index is 1.64. The number of ether oxygens (including phenoxy) is 1. The van der Waals surface area contributed by atoms with Crippen molar-refractivity contribution in [1.82, 2.24) is 4.90 Å². The van der Waals surface area contributed by atoms with E-state index in [0.29, 0.717) is 0 Å². The lowest BCUT2D eigenvalue weighted by molar-refractivity contribution is 0.148. The smallest absolute Gasteiger partial charge is 0.142 e. The van der Waals surface area contributed by atoms with Crippen molar-refractivity contribution in [3.63, 3.8) is 0 Å². The zero-order valence-electron chi connectivity index (χ0n) is 12.9. The van der Waals surface area contributed by atoms with E-state index >= 15 is 0 Å². The molecular formula is C17H25ClN2O. The van der Waals surface area contributed by atoms with Crippen LogP contribution in [0.25, 0.3) is 0 Å². The third kappa shape index (κ3) is 3.46. The summed E-state index contributed by atoms with van der Waals surface area (Å²) in [6, 6.07) is 6.70. The molecule has 1 aliphatic heterocycles. The summed E-state index contributed by atoms with van der Waals surface area (Å²) in [6.07, 6.45) is 7.02. The van der Waals surface area contributed by atoms with Crippen LogP contribution in [0.4, 0.5) is 5.69 Å². The van der Waals surface area contributed by atoms with Crippen LogP contribution in [0.5, 0.6) is 5.75 Å². The zero-order valence-corrected chi connectivity index (χ0v) is 13.6. The number of rotatable bonds is 3. The topological polar surface area (TPSA) is 15.7 Å². The van der Waals surface area contributed by atoms with Crippen LogP contribution >= 0.6 is 11.6 Å². The molecule has 116 valence electrons. The van der Waals surface area contributed by atoms with E-state index in [9.17, 15) is 0 Å². The van der Waals surface area contributed by atoms with Crippen LogP contribution in [0.3, 0.4) is 0 Å². The summed E-state index contributed by atoms with van der Waals surface area (Å²) in [5.41, 5.74) is 1.13. The molecule has 2 fully saturated rings. The fraction of sp³-hybridized carbons (Fsp3) is 0.647. The van der Waals surface area contributed by atoms with Crippen molar-refractivity contribution in [1.29, 1.82) is 0 Å². The minimum atomic E-state index is 0.778. The number of piperazine rings is 1. The second-order valence-corrected chi connectivity index (χ2v) is 6.57. The van der Waals surface area contributed by atoms with Gasteiger partial charge >= 0.3 is 0 Å². The average molecular weight is 309 g/mol. The molecule has 1 aromatic rings. The van der Waals surface area contributed by atoms with Crippen molar-refractivity contribution in [3.05, 3.63) is 23.2 Å². The third-order valence-electron chi connectivity index (χ3n) is 4.89. The Labute approximate surface area is 132 Å². The monoisotopic (exact) mass is 308 g/mol. The highest BCUT2D eigenvalue weighted by atomic mass is 35.5. The lowest BCUT2D eigenvalue weighted by Crippen LogP contribution is -2.50. The number of nitrogens with zero attached hydrogens (tertiary/aromatic N) is 2. The standard InChI is InChI=1S/C17H25ClN2O/c1-21-17-8-7-14(18)13-16(17)20-11-9-19(10-12-20)15-5-3-2-4-6-15/h7-8,13,15H,2-6,9-12H2,1H3. The predicted molar refractivity (Wildman–Crippen MR) is 88.7 cm³/mol. The molecule has 0 bridgehead atoms. The fourth-order valence-corrected chi connectivity index (χ4v) is 3.85. The molecule has 4 heteroatoms. The second-order valence-electron chi connectivity index (χ2n) is 6.13. The molecule has 1 saturated heterocycles. The molecule has 1 heterocycles. The van der Waals surface area contributed by atoms with Crippen LogP contribution in [0.2, 0.25) is 5.02 Å². The summed E-state index contributed by atoms with van der Waals surface area (Å²) < 4.78 is 5.48. The first-order chi connectivity index (χ1) is 10.3. The van der Waals surface area contributed by atoms with Crippen LogP contribution in [0.1, 0.15) is 32.1 Å². The van der Waals surface area contributed by atoms with Gasteiger partial charge < -0.3 is 9.64 Å². The van der Waals surface area contributed by atoms with Gasteiger partial charge in [-0.1, -0.05) is 30.9 Å². The zero-order chi connectivity index (χ0) is 14.7. The SMILES string of the molecule is COc1ccc(Cl)cc1N1CCN(C2CCCCC2)CC1. The van der Waals surface area contributed by atoms with Gasteiger partial charge in [0.05, 0.1) is 12.8 Å². The predicted octanol–water partition coefficient (Wildman–Crippen LogP) is 3.80. The first-order valence-electron chi connectivity index (χ1n) is 8.10. The van der Waals surface area contributed by atoms with Crippen molar-refractivity contribution in [2.45, 2.75) is 38.1 Å². The third-order valence-corrected chi connectivity index (χ3v) is 5.12. The van der Waals surface area contributed by atoms with E-state index in [1.807, 2.05) is 18.2 Å². The van der Waals surface area contributed by atoms with Gasteiger partial charge in [0.2, 0.25) is 0 Å². The summed E-state index contributed by atoms with van der Waals surface area (Å²) in [5, 5.41) is 0.778. The van der Waals surface area contributed by atoms with E-state index in [2.05, 4.69) is 9.80 Å². The Morgan fingerprint density at radius 1 is 1.05 bits per heavy atom. The number of anilines is 1. The normalized spacial score (nSPS) is 21.5. The molecule has 0 aromatic heterocycles. The fourth-order valence-electron chi connectivity index (χ4n) is 3.68. The minimum Gasteiger partial charge on any atom is -0.495 e. The van der Waals surface area contributed by atoms with Gasteiger partial charge in [0.1, 0.15) is 5.75 Å². The maximum absolute atomic E-state index is 6.15. The summed E-state index contributed by atoms with van der Waals surface area (Å²) in [7, 11) is 1.73. The summed E-state index contributed by atoms with van der Waals surface area (Å²) >= 11 is 6.15. The van der Waals surface area contributed by atoms with E-state index in [0.717, 1.165) is 48.7 Å². The van der Waals surface area contributed by atoms with Gasteiger partial charge in [0.15, 0.2) is 0 Å². The molecule has 0 N–H and O–H groups in total. The molecule has 1 aromatic carbocycles. The Morgan fingerprint density at radius 3 is 2.43 bits per heavy atom. The van der Waals surface area contributed by atoms with Crippen LogP contribution in [-0.2, 0) is 0 Å². The largest absolute Gasteiger partial charge is 0.495 e. The number of halogens is 1. The van der Waals surface area contributed by atoms with E-state index in [1.54, 1.807) is 7.11 Å². The first-order valence-corrected chi connectivity index (χ1v) is 8.48. The second kappa shape index (κ2) is 6.89. The minimum absolute atomic E-state index is 0.778. The first kappa shape index (κ1) is 15.0. The molecule has 0 radical (unpaired) electrons. The average Bonchev–Trinajstić information content (AvgIpc) is 2.56. The highest BCUT2D eigenvalue weighted by Crippen LogP contribution is 2.32. The highest BCUT2D eigenvalue weighted by Gasteiger charge is 2.26. The van der Waals surface area contributed by atoms with E-state index in [1.165, 1.54) is 32.1 Å². The molecule has 0 spiro atoms. The molecule has 2 aliphatic rings. The van der Waals surface area contributed by atoms with E-state index in [4.69, 9.17) is 16.3 Å². The van der Waals surface area contributed by atoms with Crippen LogP contribution in [0.15, 0.2) is 18.2 Å². The van der Waals surface area contributed by atoms with E-state index in [-0.39, 0.29) is 0 Å². The van der Waals surface area contributed by atoms with Crippen LogP contribution in [0, 0.1) is 0 Å². The van der Waals surface area contributed by atoms with Gasteiger partial charge in [-0.2, -0.15) is 0 Å². The van der Waals surface area contributed by atoms with E-state index < -0.39 is 0 Å². The number of methoxy groups -OCH3 is 1. The molecule has 0 amide bonds. The van der Waals surface area contributed by atoms with Crippen molar-refractivity contribution in [2.24, 2.45) is 0 Å². The van der Waals surface area contributed by atoms with Gasteiger partial charge in [0, 0.05) is 37.2 Å². The lowest BCUT2D eigenvalue weighted by atomic mass is 9.94. The Morgan fingerprint density at radius 2 is 1.76 bits per heavy atom. The van der Waals surface area contributed by atoms with Crippen molar-refractivity contribution < 1.29 is 4.74 Å². The van der Waals surface area contributed by atoms with Gasteiger partial charge in [-0.3, -0.25) is 4.90 Å². The molecule has 1 aliphatic carbocycles. The van der Waals surface area contributed by atoms with Crippen molar-refractivity contribution in [3.8, 4) is 5.75 Å². The molecular weight excluding hydrogens is 284 g/mol. The Kier molecular flexibility index (Phi) is 4.91. The number of benzene rings is 1. The Bertz CT molecular complexity index is 466.